The first-order valence-electron chi connectivity index (χ1n) is 7.22. The summed E-state index contributed by atoms with van der Waals surface area (Å²) in [5, 5.41) is 7.07. The molecule has 10 heteroatoms. The lowest BCUT2D eigenvalue weighted by molar-refractivity contribution is -0.115. The van der Waals surface area contributed by atoms with Crippen molar-refractivity contribution >= 4 is 11.9 Å². The van der Waals surface area contributed by atoms with Gasteiger partial charge in [-0.25, -0.2) is 4.68 Å². The Morgan fingerprint density at radius 1 is 1.40 bits per heavy atom. The maximum Gasteiger partial charge on any atom is 0.387 e. The largest absolute Gasteiger partial charge is 0.493 e. The molecule has 25 heavy (non-hydrogen) atoms. The van der Waals surface area contributed by atoms with Gasteiger partial charge in [-0.15, -0.1) is 0 Å². The van der Waals surface area contributed by atoms with Crippen molar-refractivity contribution in [2.45, 2.75) is 19.6 Å². The van der Waals surface area contributed by atoms with Gasteiger partial charge >= 0.3 is 6.61 Å². The average Bonchev–Trinajstić information content (AvgIpc) is 3.01. The number of halogens is 2. The number of carbonyl (C=O) groups excluding carboxylic acids is 1. The van der Waals surface area contributed by atoms with E-state index in [0.29, 0.717) is 17.2 Å². The van der Waals surface area contributed by atoms with Crippen LogP contribution in [-0.4, -0.2) is 34.4 Å². The van der Waals surface area contributed by atoms with Gasteiger partial charge in [0, 0.05) is 5.70 Å². The first kappa shape index (κ1) is 16.7. The quantitative estimate of drug-likeness (QED) is 0.849. The Labute approximate surface area is 141 Å². The summed E-state index contributed by atoms with van der Waals surface area (Å²) in [4.78, 5) is 16.0. The average molecular weight is 351 g/mol. The molecule has 2 aromatic rings. The molecule has 0 radical (unpaired) electrons. The number of benzene rings is 1. The van der Waals surface area contributed by atoms with Gasteiger partial charge in [0.2, 0.25) is 11.9 Å². The number of aromatic nitrogens is 3. The summed E-state index contributed by atoms with van der Waals surface area (Å²) in [6.07, 6.45) is 1.33. The zero-order valence-corrected chi connectivity index (χ0v) is 13.4. The van der Waals surface area contributed by atoms with Gasteiger partial charge in [0.15, 0.2) is 11.5 Å². The van der Waals surface area contributed by atoms with E-state index in [1.54, 1.807) is 6.92 Å². The number of nitrogens with two attached hydrogens (primary N) is 1. The molecule has 0 saturated heterocycles. The highest BCUT2D eigenvalue weighted by atomic mass is 19.3. The van der Waals surface area contributed by atoms with E-state index in [-0.39, 0.29) is 17.1 Å². The lowest BCUT2D eigenvalue weighted by atomic mass is 9.95. The van der Waals surface area contributed by atoms with Crippen LogP contribution in [0.3, 0.4) is 0 Å². The molecule has 8 nitrogen and oxygen atoms in total. The van der Waals surface area contributed by atoms with Crippen LogP contribution in [0.2, 0.25) is 0 Å². The summed E-state index contributed by atoms with van der Waals surface area (Å²) >= 11 is 0. The van der Waals surface area contributed by atoms with Crippen LogP contribution in [0.4, 0.5) is 14.7 Å². The highest BCUT2D eigenvalue weighted by Gasteiger charge is 2.32. The third-order valence-electron chi connectivity index (χ3n) is 3.78. The number of methoxy groups -OCH3 is 1. The number of nitrogens with zero attached hydrogens (tertiary/aromatic N) is 3. The number of fused-ring (bicyclic) bond motifs is 1. The van der Waals surface area contributed by atoms with Gasteiger partial charge in [0.25, 0.3) is 0 Å². The molecule has 2 heterocycles. The first-order valence-corrected chi connectivity index (χ1v) is 7.22. The fraction of sp³-hybridized carbons (Fsp3) is 0.267. The van der Waals surface area contributed by atoms with Gasteiger partial charge < -0.3 is 20.5 Å². The summed E-state index contributed by atoms with van der Waals surface area (Å²) in [6.45, 7) is -1.29. The predicted octanol–water partition coefficient (Wildman–Crippen LogP) is 1.66. The number of hydrogen-bond donors (Lipinski definition) is 2. The van der Waals surface area contributed by atoms with Crippen LogP contribution in [0.25, 0.3) is 0 Å². The van der Waals surface area contributed by atoms with Gasteiger partial charge in [-0.3, -0.25) is 4.79 Å². The minimum atomic E-state index is -2.98. The molecule has 0 saturated carbocycles. The summed E-state index contributed by atoms with van der Waals surface area (Å²) in [5.41, 5.74) is 6.89. The summed E-state index contributed by atoms with van der Waals surface area (Å²) in [7, 11) is 1.33. The summed E-state index contributed by atoms with van der Waals surface area (Å²) < 4.78 is 36.0. The Bertz CT molecular complexity index is 849. The fourth-order valence-electron chi connectivity index (χ4n) is 2.77. The van der Waals surface area contributed by atoms with E-state index in [4.69, 9.17) is 10.5 Å². The topological polar surface area (TPSA) is 104 Å². The number of rotatable bonds is 5. The second-order valence-electron chi connectivity index (χ2n) is 5.25. The molecule has 1 aromatic carbocycles. The second-order valence-corrected chi connectivity index (χ2v) is 5.25. The Balaban J connectivity index is 2.12. The van der Waals surface area contributed by atoms with Gasteiger partial charge in [0.05, 0.1) is 12.7 Å². The van der Waals surface area contributed by atoms with E-state index in [0.717, 1.165) is 0 Å². The van der Waals surface area contributed by atoms with Crippen LogP contribution < -0.4 is 20.5 Å². The highest BCUT2D eigenvalue weighted by molar-refractivity contribution is 5.95. The van der Waals surface area contributed by atoms with Crippen LogP contribution in [0.1, 0.15) is 18.5 Å². The van der Waals surface area contributed by atoms with Crippen molar-refractivity contribution < 1.29 is 23.0 Å². The zero-order chi connectivity index (χ0) is 18.1. The standard InChI is InChI=1S/C15H15F2N5O3/c1-7-11(13(18)23)12(22-15(21-7)19-6-20-22)8-3-4-9(25-14(16)17)10(5-8)24-2/h3-6,12,14H,1-2H3,(H2,18,23)(H,19,20,21). The lowest BCUT2D eigenvalue weighted by Crippen LogP contribution is -2.31. The maximum absolute atomic E-state index is 12.5. The maximum atomic E-state index is 12.5. The Kier molecular flexibility index (Phi) is 4.26. The van der Waals surface area contributed by atoms with Gasteiger partial charge in [-0.2, -0.15) is 18.9 Å². The zero-order valence-electron chi connectivity index (χ0n) is 13.4. The van der Waals surface area contributed by atoms with E-state index in [1.807, 2.05) is 0 Å². The van der Waals surface area contributed by atoms with E-state index in [9.17, 15) is 13.6 Å². The number of amides is 1. The van der Waals surface area contributed by atoms with E-state index in [2.05, 4.69) is 20.1 Å². The summed E-state index contributed by atoms with van der Waals surface area (Å²) in [6, 6.07) is 3.70. The minimum Gasteiger partial charge on any atom is -0.493 e. The van der Waals surface area contributed by atoms with E-state index in [1.165, 1.54) is 36.3 Å². The third-order valence-corrected chi connectivity index (χ3v) is 3.78. The van der Waals surface area contributed by atoms with Crippen molar-refractivity contribution in [3.8, 4) is 11.5 Å². The van der Waals surface area contributed by atoms with E-state index < -0.39 is 18.6 Å². The van der Waals surface area contributed by atoms with Crippen molar-refractivity contribution in [3.63, 3.8) is 0 Å². The Hall–Kier alpha value is -3.17. The smallest absolute Gasteiger partial charge is 0.387 e. The number of nitrogens with one attached hydrogen (secondary N) is 1. The SMILES string of the molecule is COc1cc(C2C(C(N)=O)=C(C)Nc3ncnn32)ccc1OC(F)F. The second kappa shape index (κ2) is 6.38. The Morgan fingerprint density at radius 2 is 2.16 bits per heavy atom. The first-order chi connectivity index (χ1) is 11.9. The highest BCUT2D eigenvalue weighted by Crippen LogP contribution is 2.38. The molecular weight excluding hydrogens is 336 g/mol. The molecule has 1 atom stereocenters. The molecule has 0 fully saturated rings. The third kappa shape index (κ3) is 2.97. The molecule has 0 bridgehead atoms. The fourth-order valence-corrected chi connectivity index (χ4v) is 2.77. The number of anilines is 1. The van der Waals surface area contributed by atoms with Crippen molar-refractivity contribution in [2.75, 3.05) is 12.4 Å². The molecule has 1 aliphatic rings. The van der Waals surface area contributed by atoms with Gasteiger partial charge in [0.1, 0.15) is 12.4 Å². The molecular formula is C15H15F2N5O3. The Morgan fingerprint density at radius 3 is 2.80 bits per heavy atom. The molecule has 1 unspecified atom stereocenters. The normalized spacial score (nSPS) is 16.4. The van der Waals surface area contributed by atoms with Crippen molar-refractivity contribution in [2.24, 2.45) is 5.73 Å². The minimum absolute atomic E-state index is 0.0967. The predicted molar refractivity (Wildman–Crippen MR) is 83.3 cm³/mol. The molecule has 1 aliphatic heterocycles. The number of allylic oxidation sites excluding steroid dienone is 1. The van der Waals surface area contributed by atoms with E-state index >= 15 is 0 Å². The van der Waals surface area contributed by atoms with Crippen molar-refractivity contribution in [1.82, 2.24) is 14.8 Å². The van der Waals surface area contributed by atoms with Crippen molar-refractivity contribution in [1.29, 1.82) is 0 Å². The molecule has 0 spiro atoms. The van der Waals surface area contributed by atoms with Crippen LogP contribution in [0.5, 0.6) is 11.5 Å². The van der Waals surface area contributed by atoms with Crippen LogP contribution in [0, 0.1) is 0 Å². The van der Waals surface area contributed by atoms with Crippen LogP contribution >= 0.6 is 0 Å². The lowest BCUT2D eigenvalue weighted by Gasteiger charge is -2.28. The number of alkyl halides is 2. The summed E-state index contributed by atoms with van der Waals surface area (Å²) in [5.74, 6) is -0.225. The van der Waals surface area contributed by atoms with Crippen LogP contribution in [0.15, 0.2) is 35.8 Å². The molecule has 3 N–H and O–H groups in total. The van der Waals surface area contributed by atoms with Gasteiger partial charge in [-0.05, 0) is 24.6 Å². The van der Waals surface area contributed by atoms with Crippen LogP contribution in [-0.2, 0) is 4.79 Å². The van der Waals surface area contributed by atoms with Gasteiger partial charge in [-0.1, -0.05) is 6.07 Å². The molecule has 132 valence electrons. The number of hydrogen-bond acceptors (Lipinski definition) is 6. The number of primary amides is 1. The number of carbonyl (C=O) groups is 1. The molecule has 1 aromatic heterocycles. The monoisotopic (exact) mass is 351 g/mol. The molecule has 1 amide bonds. The molecule has 0 aliphatic carbocycles. The molecule has 3 rings (SSSR count). The van der Waals surface area contributed by atoms with Crippen molar-refractivity contribution in [3.05, 3.63) is 41.4 Å². The number of ether oxygens (including phenoxy) is 2.